The van der Waals surface area contributed by atoms with Crippen molar-refractivity contribution in [3.8, 4) is 0 Å². The zero-order chi connectivity index (χ0) is 21.2. The van der Waals surface area contributed by atoms with Gasteiger partial charge in [-0.1, -0.05) is 54.6 Å². The van der Waals surface area contributed by atoms with Gasteiger partial charge in [0, 0.05) is 0 Å². The summed E-state index contributed by atoms with van der Waals surface area (Å²) in [4.78, 5) is 15.6. The van der Waals surface area contributed by atoms with Crippen molar-refractivity contribution in [1.29, 1.82) is 0 Å². The Labute approximate surface area is 173 Å². The van der Waals surface area contributed by atoms with E-state index in [2.05, 4.69) is 0 Å². The molecule has 0 bridgehead atoms. The molecule has 9 heteroatoms. The summed E-state index contributed by atoms with van der Waals surface area (Å²) in [5.41, 5.74) is 0.787. The van der Waals surface area contributed by atoms with Gasteiger partial charge in [-0.05, 0) is 36.4 Å². The van der Waals surface area contributed by atoms with Crippen molar-refractivity contribution in [3.05, 3.63) is 107 Å². The largest absolute Gasteiger partial charge is 0.733 e. The molecule has 0 saturated carbocycles. The Kier molecular flexibility index (Phi) is 7.98. The third kappa shape index (κ3) is 6.42. The first-order valence-corrected chi connectivity index (χ1v) is 9.13. The van der Waals surface area contributed by atoms with Crippen molar-refractivity contribution in [2.24, 2.45) is 0 Å². The maximum Gasteiger partial charge on any atom is 0.136 e. The van der Waals surface area contributed by atoms with Crippen LogP contribution in [0.1, 0.15) is 0 Å². The van der Waals surface area contributed by atoms with Gasteiger partial charge < -0.3 is 31.3 Å². The van der Waals surface area contributed by atoms with Crippen molar-refractivity contribution in [2.45, 2.75) is 6.10 Å². The second-order valence-electron chi connectivity index (χ2n) is 6.10. The minimum absolute atomic E-state index is 0.242. The van der Waals surface area contributed by atoms with E-state index < -0.39 is 6.10 Å². The molecule has 3 rings (SSSR count). The lowest BCUT2D eigenvalue weighted by atomic mass is 10.3. The maximum absolute atomic E-state index is 12.3. The van der Waals surface area contributed by atoms with E-state index in [1.54, 1.807) is 91.0 Å². The molecule has 0 amide bonds. The molecule has 0 N–H and O–H groups in total. The van der Waals surface area contributed by atoms with Gasteiger partial charge in [0.15, 0.2) is 0 Å². The van der Waals surface area contributed by atoms with Gasteiger partial charge in [-0.3, -0.25) is 14.5 Å². The van der Waals surface area contributed by atoms with Gasteiger partial charge in [0.1, 0.15) is 19.3 Å². The molecule has 0 saturated heterocycles. The summed E-state index contributed by atoms with van der Waals surface area (Å²) in [7, 11) is 0. The molecule has 0 radical (unpaired) electrons. The van der Waals surface area contributed by atoms with Gasteiger partial charge >= 0.3 is 0 Å². The number of hydrogen-bond acceptors (Lipinski definition) is 9. The summed E-state index contributed by atoms with van der Waals surface area (Å²) in [5, 5.41) is 37.4. The summed E-state index contributed by atoms with van der Waals surface area (Å²) >= 11 is 0. The standard InChI is InChI=1S/C21H20N3O6/c25-22(18-10-4-1-5-11-18)28-16-21(30-24(27)20-14-8-3-9-15-20)17-29-23(26)19-12-6-2-7-13-19/h1-15,21H,16-17H2/q-3. The van der Waals surface area contributed by atoms with Crippen LogP contribution in [0.3, 0.4) is 0 Å². The number of para-hydroxylation sites is 3. The highest BCUT2D eigenvalue weighted by molar-refractivity contribution is 5.45. The minimum Gasteiger partial charge on any atom is -0.733 e. The molecule has 0 fully saturated rings. The van der Waals surface area contributed by atoms with Crippen LogP contribution in [0, 0.1) is 15.6 Å². The zero-order valence-electron chi connectivity index (χ0n) is 15.9. The van der Waals surface area contributed by atoms with Crippen molar-refractivity contribution >= 4 is 17.1 Å². The first kappa shape index (κ1) is 21.5. The molecule has 3 aromatic rings. The summed E-state index contributed by atoms with van der Waals surface area (Å²) in [5.74, 6) is 0. The third-order valence-electron chi connectivity index (χ3n) is 3.90. The van der Waals surface area contributed by atoms with E-state index in [-0.39, 0.29) is 35.5 Å². The summed E-state index contributed by atoms with van der Waals surface area (Å²) in [6.45, 7) is -0.654. The molecule has 0 spiro atoms. The van der Waals surface area contributed by atoms with E-state index in [1.165, 1.54) is 0 Å². The Hall–Kier alpha value is -3.18. The van der Waals surface area contributed by atoms with E-state index in [1.807, 2.05) is 0 Å². The summed E-state index contributed by atoms with van der Waals surface area (Å²) in [6.07, 6.45) is -1.04. The number of anilines is 3. The number of benzene rings is 3. The normalized spacial score (nSPS) is 10.8. The topological polar surface area (TPSA) is 107 Å². The van der Waals surface area contributed by atoms with Crippen molar-refractivity contribution in [3.63, 3.8) is 0 Å². The van der Waals surface area contributed by atoms with Gasteiger partial charge in [0.2, 0.25) is 0 Å². The van der Waals surface area contributed by atoms with Gasteiger partial charge in [-0.25, -0.2) is 0 Å². The lowest BCUT2D eigenvalue weighted by Crippen LogP contribution is -2.36. The van der Waals surface area contributed by atoms with Crippen molar-refractivity contribution in [2.75, 3.05) is 28.9 Å². The molecule has 9 nitrogen and oxygen atoms in total. The highest BCUT2D eigenvalue weighted by Crippen LogP contribution is 2.17. The predicted octanol–water partition coefficient (Wildman–Crippen LogP) is 4.16. The average Bonchev–Trinajstić information content (AvgIpc) is 2.82. The Morgan fingerprint density at radius 1 is 0.533 bits per heavy atom. The SMILES string of the molecule is [O-]N(OCC(CON([O-])c1ccccc1)ON([O-])c1ccccc1)c1ccccc1. The van der Waals surface area contributed by atoms with Crippen LogP contribution in [-0.4, -0.2) is 19.3 Å². The van der Waals surface area contributed by atoms with E-state index >= 15 is 0 Å². The molecule has 0 aliphatic rings. The van der Waals surface area contributed by atoms with Crippen LogP contribution >= 0.6 is 0 Å². The van der Waals surface area contributed by atoms with E-state index in [4.69, 9.17) is 14.5 Å². The molecule has 0 aliphatic heterocycles. The summed E-state index contributed by atoms with van der Waals surface area (Å²) < 4.78 is 0. The molecular weight excluding hydrogens is 390 g/mol. The Bertz CT molecular complexity index is 807. The fourth-order valence-electron chi connectivity index (χ4n) is 2.41. The lowest BCUT2D eigenvalue weighted by Gasteiger charge is -2.37. The Morgan fingerprint density at radius 3 is 1.23 bits per heavy atom. The monoisotopic (exact) mass is 410 g/mol. The predicted molar refractivity (Wildman–Crippen MR) is 114 cm³/mol. The van der Waals surface area contributed by atoms with Crippen LogP contribution in [0.15, 0.2) is 91.0 Å². The van der Waals surface area contributed by atoms with Crippen LogP contribution < -0.4 is 15.7 Å². The highest BCUT2D eigenvalue weighted by atomic mass is 16.9. The molecule has 3 aromatic carbocycles. The molecule has 0 atom stereocenters. The molecule has 0 aromatic heterocycles. The minimum atomic E-state index is -1.04. The van der Waals surface area contributed by atoms with Gasteiger partial charge in [-0.2, -0.15) is 0 Å². The fraction of sp³-hybridized carbons (Fsp3) is 0.143. The molecule has 0 heterocycles. The van der Waals surface area contributed by atoms with Crippen molar-refractivity contribution in [1.82, 2.24) is 0 Å². The second-order valence-corrected chi connectivity index (χ2v) is 6.10. The van der Waals surface area contributed by atoms with Crippen LogP contribution in [0.2, 0.25) is 0 Å². The Balaban J connectivity index is 1.61. The molecule has 0 unspecified atom stereocenters. The quantitative estimate of drug-likeness (QED) is 0.431. The lowest BCUT2D eigenvalue weighted by molar-refractivity contribution is -0.0632. The van der Waals surface area contributed by atoms with E-state index in [0.717, 1.165) is 0 Å². The van der Waals surface area contributed by atoms with Crippen LogP contribution in [-0.2, 0) is 14.5 Å². The molecule has 0 aliphatic carbocycles. The maximum atomic E-state index is 12.3. The highest BCUT2D eigenvalue weighted by Gasteiger charge is 2.15. The van der Waals surface area contributed by atoms with E-state index in [9.17, 15) is 15.6 Å². The van der Waals surface area contributed by atoms with E-state index in [0.29, 0.717) is 10.5 Å². The average molecular weight is 410 g/mol. The summed E-state index contributed by atoms with van der Waals surface area (Å²) in [6, 6.07) is 24.8. The van der Waals surface area contributed by atoms with Crippen LogP contribution in [0.5, 0.6) is 0 Å². The number of rotatable bonds is 11. The smallest absolute Gasteiger partial charge is 0.136 e. The first-order valence-electron chi connectivity index (χ1n) is 9.13. The second kappa shape index (κ2) is 11.1. The first-order chi connectivity index (χ1) is 14.6. The van der Waals surface area contributed by atoms with Gasteiger partial charge in [0.25, 0.3) is 0 Å². The number of nitrogens with zero attached hydrogens (tertiary/aromatic N) is 3. The molecule has 158 valence electrons. The zero-order valence-corrected chi connectivity index (χ0v) is 15.9. The van der Waals surface area contributed by atoms with Crippen molar-refractivity contribution < 1.29 is 14.5 Å². The van der Waals surface area contributed by atoms with Gasteiger partial charge in [-0.15, -0.1) is 0 Å². The molecular formula is C21H20N3O6-3. The fourth-order valence-corrected chi connectivity index (χ4v) is 2.41. The van der Waals surface area contributed by atoms with Crippen LogP contribution in [0.25, 0.3) is 0 Å². The van der Waals surface area contributed by atoms with Gasteiger partial charge in [0.05, 0.1) is 17.1 Å². The number of hydrogen-bond donors (Lipinski definition) is 0. The van der Waals surface area contributed by atoms with Crippen LogP contribution in [0.4, 0.5) is 17.1 Å². The third-order valence-corrected chi connectivity index (χ3v) is 3.90. The molecule has 30 heavy (non-hydrogen) atoms. The Morgan fingerprint density at radius 2 is 0.867 bits per heavy atom.